The zero-order valence-corrected chi connectivity index (χ0v) is 12.8. The summed E-state index contributed by atoms with van der Waals surface area (Å²) in [6, 6.07) is 9.78. The number of nitrogens with one attached hydrogen (secondary N) is 1. The molecule has 20 heavy (non-hydrogen) atoms. The van der Waals surface area contributed by atoms with Crippen LogP contribution in [0.1, 0.15) is 6.42 Å². The van der Waals surface area contributed by atoms with E-state index in [2.05, 4.69) is 31.2 Å². The Hall–Kier alpha value is -1.66. The van der Waals surface area contributed by atoms with Gasteiger partial charge in [-0.1, -0.05) is 22.0 Å². The lowest BCUT2D eigenvalue weighted by atomic mass is 10.3. The molecule has 0 saturated carbocycles. The van der Waals surface area contributed by atoms with Gasteiger partial charge in [-0.3, -0.25) is 0 Å². The van der Waals surface area contributed by atoms with E-state index >= 15 is 0 Å². The van der Waals surface area contributed by atoms with Gasteiger partial charge in [-0.15, -0.1) is 0 Å². The van der Waals surface area contributed by atoms with Crippen molar-refractivity contribution < 1.29 is 5.11 Å². The lowest BCUT2D eigenvalue weighted by Gasteiger charge is -2.18. The van der Waals surface area contributed by atoms with Crippen LogP contribution in [-0.2, 0) is 0 Å². The molecule has 2 aromatic rings. The Morgan fingerprint density at radius 1 is 1.30 bits per heavy atom. The summed E-state index contributed by atoms with van der Waals surface area (Å²) >= 11 is 3.44. The molecule has 0 aliphatic carbocycles. The van der Waals surface area contributed by atoms with Gasteiger partial charge in [0.2, 0.25) is 0 Å². The van der Waals surface area contributed by atoms with Crippen molar-refractivity contribution in [2.24, 2.45) is 0 Å². The molecule has 0 aliphatic rings. The van der Waals surface area contributed by atoms with Crippen LogP contribution < -0.4 is 10.2 Å². The van der Waals surface area contributed by atoms with Gasteiger partial charge in [0.1, 0.15) is 18.0 Å². The fourth-order valence-electron chi connectivity index (χ4n) is 1.76. The molecule has 6 heteroatoms. The summed E-state index contributed by atoms with van der Waals surface area (Å²) in [6.07, 6.45) is 2.25. The van der Waals surface area contributed by atoms with Crippen molar-refractivity contribution in [3.63, 3.8) is 0 Å². The molecule has 0 atom stereocenters. The third kappa shape index (κ3) is 4.18. The highest BCUT2D eigenvalue weighted by Crippen LogP contribution is 2.20. The number of benzene rings is 1. The summed E-state index contributed by atoms with van der Waals surface area (Å²) in [6.45, 7) is 0.933. The van der Waals surface area contributed by atoms with E-state index in [9.17, 15) is 0 Å². The predicted molar refractivity (Wildman–Crippen MR) is 84.4 cm³/mol. The number of aromatic nitrogens is 2. The van der Waals surface area contributed by atoms with Crippen molar-refractivity contribution in [2.75, 3.05) is 30.4 Å². The quantitative estimate of drug-likeness (QED) is 0.849. The molecule has 5 nitrogen and oxygen atoms in total. The average Bonchev–Trinajstić information content (AvgIpc) is 2.45. The summed E-state index contributed by atoms with van der Waals surface area (Å²) in [7, 11) is 1.95. The van der Waals surface area contributed by atoms with Crippen molar-refractivity contribution in [1.82, 2.24) is 9.97 Å². The van der Waals surface area contributed by atoms with E-state index in [1.807, 2.05) is 42.3 Å². The Balaban J connectivity index is 2.09. The number of nitrogens with zero attached hydrogens (tertiary/aromatic N) is 3. The van der Waals surface area contributed by atoms with E-state index in [0.717, 1.165) is 34.8 Å². The molecule has 0 radical (unpaired) electrons. The van der Waals surface area contributed by atoms with Gasteiger partial charge < -0.3 is 15.3 Å². The van der Waals surface area contributed by atoms with Gasteiger partial charge in [-0.05, 0) is 24.6 Å². The maximum atomic E-state index is 8.86. The molecule has 106 valence electrons. The van der Waals surface area contributed by atoms with E-state index < -0.39 is 0 Å². The minimum absolute atomic E-state index is 0.179. The lowest BCUT2D eigenvalue weighted by molar-refractivity contribution is 0.290. The summed E-state index contributed by atoms with van der Waals surface area (Å²) in [5.74, 6) is 1.56. The third-order valence-electron chi connectivity index (χ3n) is 2.79. The van der Waals surface area contributed by atoms with Crippen LogP contribution in [0, 0.1) is 0 Å². The SMILES string of the molecule is CN(CCCO)c1cc(Nc2cccc(Br)c2)ncn1. The molecule has 2 rings (SSSR count). The second-order valence-corrected chi connectivity index (χ2v) is 5.31. The van der Waals surface area contributed by atoms with E-state index in [-0.39, 0.29) is 6.61 Å². The van der Waals surface area contributed by atoms with Gasteiger partial charge in [0.05, 0.1) is 0 Å². The lowest BCUT2D eigenvalue weighted by Crippen LogP contribution is -2.20. The molecule has 2 N–H and O–H groups in total. The van der Waals surface area contributed by atoms with Gasteiger partial charge in [0, 0.05) is 36.4 Å². The van der Waals surface area contributed by atoms with Crippen LogP contribution in [0.3, 0.4) is 0 Å². The van der Waals surface area contributed by atoms with Crippen LogP contribution in [0.4, 0.5) is 17.3 Å². The molecule has 1 aromatic carbocycles. The number of anilines is 3. The van der Waals surface area contributed by atoms with Gasteiger partial charge in [-0.25, -0.2) is 9.97 Å². The molecule has 0 amide bonds. The third-order valence-corrected chi connectivity index (χ3v) is 3.29. The zero-order chi connectivity index (χ0) is 14.4. The summed E-state index contributed by atoms with van der Waals surface area (Å²) in [4.78, 5) is 10.4. The maximum absolute atomic E-state index is 8.86. The minimum atomic E-state index is 0.179. The van der Waals surface area contributed by atoms with E-state index in [1.165, 1.54) is 6.33 Å². The molecule has 1 heterocycles. The second-order valence-electron chi connectivity index (χ2n) is 4.40. The predicted octanol–water partition coefficient (Wildman–Crippen LogP) is 2.80. The molecular formula is C14H17BrN4O. The number of halogens is 1. The highest BCUT2D eigenvalue weighted by atomic mass is 79.9. The number of hydrogen-bond acceptors (Lipinski definition) is 5. The average molecular weight is 337 g/mol. The molecule has 0 fully saturated rings. The van der Waals surface area contributed by atoms with Crippen LogP contribution in [-0.4, -0.2) is 35.3 Å². The first-order valence-electron chi connectivity index (χ1n) is 6.35. The van der Waals surface area contributed by atoms with Crippen LogP contribution >= 0.6 is 15.9 Å². The summed E-state index contributed by atoms with van der Waals surface area (Å²) in [5, 5.41) is 12.1. The number of rotatable bonds is 6. The second kappa shape index (κ2) is 7.21. The molecule has 0 spiro atoms. The Labute approximate surface area is 126 Å². The monoisotopic (exact) mass is 336 g/mol. The van der Waals surface area contributed by atoms with Crippen LogP contribution in [0.2, 0.25) is 0 Å². The minimum Gasteiger partial charge on any atom is -0.396 e. The van der Waals surface area contributed by atoms with Gasteiger partial charge in [0.15, 0.2) is 0 Å². The highest BCUT2D eigenvalue weighted by molar-refractivity contribution is 9.10. The van der Waals surface area contributed by atoms with E-state index in [1.54, 1.807) is 0 Å². The van der Waals surface area contributed by atoms with E-state index in [4.69, 9.17) is 5.11 Å². The first-order valence-corrected chi connectivity index (χ1v) is 7.15. The number of aliphatic hydroxyl groups is 1. The number of hydrogen-bond donors (Lipinski definition) is 2. The molecule has 0 bridgehead atoms. The number of aliphatic hydroxyl groups excluding tert-OH is 1. The van der Waals surface area contributed by atoms with Crippen LogP contribution in [0.5, 0.6) is 0 Å². The van der Waals surface area contributed by atoms with Crippen molar-refractivity contribution >= 4 is 33.3 Å². The van der Waals surface area contributed by atoms with Gasteiger partial charge >= 0.3 is 0 Å². The molecule has 0 unspecified atom stereocenters. The fraction of sp³-hybridized carbons (Fsp3) is 0.286. The molecule has 0 saturated heterocycles. The van der Waals surface area contributed by atoms with Crippen molar-refractivity contribution in [3.8, 4) is 0 Å². The molecule has 1 aromatic heterocycles. The highest BCUT2D eigenvalue weighted by Gasteiger charge is 2.04. The Morgan fingerprint density at radius 2 is 2.15 bits per heavy atom. The fourth-order valence-corrected chi connectivity index (χ4v) is 2.16. The maximum Gasteiger partial charge on any atom is 0.135 e. The first-order chi connectivity index (χ1) is 9.69. The Morgan fingerprint density at radius 3 is 2.90 bits per heavy atom. The van der Waals surface area contributed by atoms with Crippen molar-refractivity contribution in [3.05, 3.63) is 41.1 Å². The topological polar surface area (TPSA) is 61.3 Å². The summed E-state index contributed by atoms with van der Waals surface area (Å²) in [5.41, 5.74) is 0.960. The van der Waals surface area contributed by atoms with Crippen molar-refractivity contribution in [1.29, 1.82) is 0 Å². The Kier molecular flexibility index (Phi) is 5.31. The normalized spacial score (nSPS) is 10.3. The van der Waals surface area contributed by atoms with Gasteiger partial charge in [-0.2, -0.15) is 0 Å². The molecule has 0 aliphatic heterocycles. The van der Waals surface area contributed by atoms with Gasteiger partial charge in [0.25, 0.3) is 0 Å². The first kappa shape index (κ1) is 14.7. The summed E-state index contributed by atoms with van der Waals surface area (Å²) < 4.78 is 1.01. The largest absolute Gasteiger partial charge is 0.396 e. The van der Waals surface area contributed by atoms with Crippen LogP contribution in [0.25, 0.3) is 0 Å². The smallest absolute Gasteiger partial charge is 0.135 e. The van der Waals surface area contributed by atoms with Crippen LogP contribution in [0.15, 0.2) is 41.1 Å². The zero-order valence-electron chi connectivity index (χ0n) is 11.3. The Bertz CT molecular complexity index is 564. The van der Waals surface area contributed by atoms with Crippen molar-refractivity contribution in [2.45, 2.75) is 6.42 Å². The van der Waals surface area contributed by atoms with E-state index in [0.29, 0.717) is 0 Å². The molecular weight excluding hydrogens is 320 g/mol. The standard InChI is InChI=1S/C14H17BrN4O/c1-19(6-3-7-20)14-9-13(16-10-17-14)18-12-5-2-4-11(15)8-12/h2,4-5,8-10,20H,3,6-7H2,1H3,(H,16,17,18).